The molecule has 1 atom stereocenters. The Bertz CT molecular complexity index is 1330. The van der Waals surface area contributed by atoms with Gasteiger partial charge in [-0.2, -0.15) is 4.31 Å². The standard InChI is InChI=1S/C26H26FN3O4S/c1-18(31)29-22-10-12-23(13-11-22)35(33,34)30-15-14-20-4-2-3-5-24(20)25(30)16-26(32)28-17-19-6-8-21(27)9-7-19/h2-13,25H,14-17H2,1H3,(H,28,32)(H,29,31)/t25-/m1/s1. The highest BCUT2D eigenvalue weighted by Crippen LogP contribution is 2.36. The van der Waals surface area contributed by atoms with Gasteiger partial charge < -0.3 is 10.6 Å². The third-order valence-corrected chi connectivity index (χ3v) is 7.85. The van der Waals surface area contributed by atoms with Gasteiger partial charge in [-0.3, -0.25) is 9.59 Å². The average Bonchev–Trinajstić information content (AvgIpc) is 2.84. The molecular formula is C26H26FN3O4S. The molecule has 1 aliphatic rings. The van der Waals surface area contributed by atoms with E-state index in [0.717, 1.165) is 16.7 Å². The molecule has 182 valence electrons. The maximum atomic E-state index is 13.6. The van der Waals surface area contributed by atoms with Gasteiger partial charge in [0.05, 0.1) is 10.9 Å². The summed E-state index contributed by atoms with van der Waals surface area (Å²) >= 11 is 0. The first-order valence-corrected chi connectivity index (χ1v) is 12.7. The van der Waals surface area contributed by atoms with Crippen molar-refractivity contribution in [2.75, 3.05) is 11.9 Å². The summed E-state index contributed by atoms with van der Waals surface area (Å²) in [6, 6.07) is 18.7. The second kappa shape index (κ2) is 10.4. The number of nitrogens with zero attached hydrogens (tertiary/aromatic N) is 1. The molecule has 0 saturated carbocycles. The molecule has 4 rings (SSSR count). The first-order chi connectivity index (χ1) is 16.7. The van der Waals surface area contributed by atoms with E-state index in [1.165, 1.54) is 47.6 Å². The van der Waals surface area contributed by atoms with Crippen LogP contribution in [0.25, 0.3) is 0 Å². The Kier molecular flexibility index (Phi) is 7.28. The summed E-state index contributed by atoms with van der Waals surface area (Å²) < 4.78 is 41.7. The largest absolute Gasteiger partial charge is 0.352 e. The highest BCUT2D eigenvalue weighted by molar-refractivity contribution is 7.89. The molecule has 1 aliphatic heterocycles. The van der Waals surface area contributed by atoms with Gasteiger partial charge in [-0.25, -0.2) is 12.8 Å². The Morgan fingerprint density at radius 3 is 2.37 bits per heavy atom. The van der Waals surface area contributed by atoms with E-state index in [-0.39, 0.29) is 42.0 Å². The fourth-order valence-corrected chi connectivity index (χ4v) is 5.83. The van der Waals surface area contributed by atoms with Crippen molar-refractivity contribution < 1.29 is 22.4 Å². The topological polar surface area (TPSA) is 95.6 Å². The summed E-state index contributed by atoms with van der Waals surface area (Å²) in [5.74, 6) is -0.915. The first kappa shape index (κ1) is 24.6. The molecule has 0 fully saturated rings. The van der Waals surface area contributed by atoms with Crippen molar-refractivity contribution in [1.82, 2.24) is 9.62 Å². The van der Waals surface area contributed by atoms with E-state index in [4.69, 9.17) is 0 Å². The minimum atomic E-state index is -3.92. The van der Waals surface area contributed by atoms with Crippen molar-refractivity contribution in [1.29, 1.82) is 0 Å². The quantitative estimate of drug-likeness (QED) is 0.522. The third kappa shape index (κ3) is 5.75. The summed E-state index contributed by atoms with van der Waals surface area (Å²) in [6.45, 7) is 1.83. The second-order valence-corrected chi connectivity index (χ2v) is 10.3. The number of nitrogens with one attached hydrogen (secondary N) is 2. The number of hydrogen-bond acceptors (Lipinski definition) is 4. The summed E-state index contributed by atoms with van der Waals surface area (Å²) in [5.41, 5.74) is 3.05. The van der Waals surface area contributed by atoms with Gasteiger partial charge in [-0.15, -0.1) is 0 Å². The van der Waals surface area contributed by atoms with Crippen LogP contribution in [0.5, 0.6) is 0 Å². The predicted octanol–water partition coefficient (Wildman–Crippen LogP) is 3.78. The normalized spacial score (nSPS) is 15.8. The maximum Gasteiger partial charge on any atom is 0.243 e. The van der Waals surface area contributed by atoms with Crippen LogP contribution in [0.2, 0.25) is 0 Å². The molecule has 1 heterocycles. The molecule has 0 aliphatic carbocycles. The smallest absolute Gasteiger partial charge is 0.243 e. The maximum absolute atomic E-state index is 13.6. The van der Waals surface area contributed by atoms with E-state index >= 15 is 0 Å². The van der Waals surface area contributed by atoms with E-state index in [1.54, 1.807) is 12.1 Å². The lowest BCUT2D eigenvalue weighted by Gasteiger charge is -2.36. The van der Waals surface area contributed by atoms with Crippen LogP contribution in [0.1, 0.15) is 36.1 Å². The van der Waals surface area contributed by atoms with Gasteiger partial charge in [-0.05, 0) is 59.5 Å². The van der Waals surface area contributed by atoms with E-state index in [1.807, 2.05) is 24.3 Å². The lowest BCUT2D eigenvalue weighted by atomic mass is 9.92. The number of hydrogen-bond donors (Lipinski definition) is 2. The van der Waals surface area contributed by atoms with Gasteiger partial charge in [0.2, 0.25) is 21.8 Å². The zero-order valence-electron chi connectivity index (χ0n) is 19.2. The Balaban J connectivity index is 1.57. The molecule has 0 radical (unpaired) electrons. The zero-order valence-corrected chi connectivity index (χ0v) is 20.0. The fourth-order valence-electron chi connectivity index (χ4n) is 4.23. The number of sulfonamides is 1. The van der Waals surface area contributed by atoms with Gasteiger partial charge in [-0.1, -0.05) is 36.4 Å². The van der Waals surface area contributed by atoms with Crippen LogP contribution in [0.15, 0.2) is 77.7 Å². The van der Waals surface area contributed by atoms with Gasteiger partial charge in [0, 0.05) is 32.1 Å². The van der Waals surface area contributed by atoms with Gasteiger partial charge in [0.25, 0.3) is 0 Å². The van der Waals surface area contributed by atoms with Gasteiger partial charge in [0.1, 0.15) is 5.82 Å². The highest BCUT2D eigenvalue weighted by Gasteiger charge is 2.37. The number of rotatable bonds is 7. The second-order valence-electron chi connectivity index (χ2n) is 8.39. The van der Waals surface area contributed by atoms with Crippen LogP contribution < -0.4 is 10.6 Å². The van der Waals surface area contributed by atoms with Crippen LogP contribution >= 0.6 is 0 Å². The Morgan fingerprint density at radius 1 is 1.00 bits per heavy atom. The molecule has 0 spiro atoms. The highest BCUT2D eigenvalue weighted by atomic mass is 32.2. The number of amides is 2. The number of benzene rings is 3. The SMILES string of the molecule is CC(=O)Nc1ccc(S(=O)(=O)N2CCc3ccccc3[C@H]2CC(=O)NCc2ccc(F)cc2)cc1. The third-order valence-electron chi connectivity index (χ3n) is 5.93. The monoisotopic (exact) mass is 495 g/mol. The van der Waals surface area contributed by atoms with E-state index in [9.17, 15) is 22.4 Å². The molecule has 0 aromatic heterocycles. The lowest BCUT2D eigenvalue weighted by molar-refractivity contribution is -0.122. The summed E-state index contributed by atoms with van der Waals surface area (Å²) in [5, 5.41) is 5.43. The minimum absolute atomic E-state index is 0.0542. The van der Waals surface area contributed by atoms with Gasteiger partial charge >= 0.3 is 0 Å². The molecular weight excluding hydrogens is 469 g/mol. The predicted molar refractivity (Wildman–Crippen MR) is 130 cm³/mol. The van der Waals surface area contributed by atoms with Crippen LogP contribution in [0.4, 0.5) is 10.1 Å². The summed E-state index contributed by atoms with van der Waals surface area (Å²) in [6.07, 6.45) is 0.481. The Morgan fingerprint density at radius 2 is 1.69 bits per heavy atom. The molecule has 3 aromatic carbocycles. The van der Waals surface area contributed by atoms with Crippen molar-refractivity contribution >= 4 is 27.5 Å². The zero-order chi connectivity index (χ0) is 25.0. The van der Waals surface area contributed by atoms with Crippen LogP contribution in [-0.2, 0) is 32.6 Å². The number of halogens is 1. The van der Waals surface area contributed by atoms with Crippen molar-refractivity contribution in [3.05, 3.63) is 95.3 Å². The van der Waals surface area contributed by atoms with Gasteiger partial charge in [0.15, 0.2) is 0 Å². The van der Waals surface area contributed by atoms with E-state index in [2.05, 4.69) is 10.6 Å². The molecule has 0 bridgehead atoms. The minimum Gasteiger partial charge on any atom is -0.352 e. The fraction of sp³-hybridized carbons (Fsp3) is 0.231. The summed E-state index contributed by atoms with van der Waals surface area (Å²) in [7, 11) is -3.92. The van der Waals surface area contributed by atoms with Crippen molar-refractivity contribution in [2.24, 2.45) is 0 Å². The number of carbonyl (C=O) groups is 2. The molecule has 2 N–H and O–H groups in total. The van der Waals surface area contributed by atoms with Crippen molar-refractivity contribution in [2.45, 2.75) is 37.2 Å². The van der Waals surface area contributed by atoms with E-state index < -0.39 is 16.1 Å². The Hall–Kier alpha value is -3.56. The summed E-state index contributed by atoms with van der Waals surface area (Å²) in [4.78, 5) is 24.2. The number of fused-ring (bicyclic) bond motifs is 1. The molecule has 35 heavy (non-hydrogen) atoms. The first-order valence-electron chi connectivity index (χ1n) is 11.2. The van der Waals surface area contributed by atoms with Crippen molar-refractivity contribution in [3.8, 4) is 0 Å². The molecule has 7 nitrogen and oxygen atoms in total. The average molecular weight is 496 g/mol. The van der Waals surface area contributed by atoms with E-state index in [0.29, 0.717) is 12.1 Å². The molecule has 3 aromatic rings. The molecule has 2 amide bonds. The molecule has 0 saturated heterocycles. The molecule has 0 unspecified atom stereocenters. The van der Waals surface area contributed by atoms with Crippen LogP contribution in [0.3, 0.4) is 0 Å². The van der Waals surface area contributed by atoms with Crippen LogP contribution in [0, 0.1) is 5.82 Å². The molecule has 9 heteroatoms. The van der Waals surface area contributed by atoms with Crippen LogP contribution in [-0.4, -0.2) is 31.1 Å². The number of carbonyl (C=O) groups excluding carboxylic acids is 2. The lowest BCUT2D eigenvalue weighted by Crippen LogP contribution is -2.42. The number of anilines is 1. The van der Waals surface area contributed by atoms with Crippen molar-refractivity contribution in [3.63, 3.8) is 0 Å². The Labute approximate surface area is 204 Å².